The van der Waals surface area contributed by atoms with Crippen molar-refractivity contribution in [2.45, 2.75) is 0 Å². The SMILES string of the molecule is COCCOc1ccc(Br)cc1C(=O)NC(=S)Nc1ccc(F)c(Cl)c1. The number of ether oxygens (including phenoxy) is 2. The molecule has 138 valence electrons. The molecule has 0 heterocycles. The van der Waals surface area contributed by atoms with Crippen LogP contribution >= 0.6 is 39.7 Å². The molecule has 0 spiro atoms. The van der Waals surface area contributed by atoms with Gasteiger partial charge in [-0.25, -0.2) is 4.39 Å². The summed E-state index contributed by atoms with van der Waals surface area (Å²) in [6.45, 7) is 0.692. The molecule has 2 N–H and O–H groups in total. The van der Waals surface area contributed by atoms with Gasteiger partial charge in [0.1, 0.15) is 18.2 Å². The molecular formula is C17H15BrClFN2O3S. The van der Waals surface area contributed by atoms with Crippen molar-refractivity contribution in [1.29, 1.82) is 0 Å². The van der Waals surface area contributed by atoms with Crippen molar-refractivity contribution in [2.24, 2.45) is 0 Å². The van der Waals surface area contributed by atoms with Gasteiger partial charge in [-0.1, -0.05) is 27.5 Å². The van der Waals surface area contributed by atoms with E-state index >= 15 is 0 Å². The molecule has 0 unspecified atom stereocenters. The maximum Gasteiger partial charge on any atom is 0.261 e. The van der Waals surface area contributed by atoms with Crippen molar-refractivity contribution in [2.75, 3.05) is 25.6 Å². The van der Waals surface area contributed by atoms with E-state index in [4.69, 9.17) is 33.3 Å². The number of methoxy groups -OCH3 is 1. The molecule has 0 aliphatic carbocycles. The topological polar surface area (TPSA) is 59.6 Å². The van der Waals surface area contributed by atoms with E-state index in [0.717, 1.165) is 0 Å². The minimum atomic E-state index is -0.542. The molecule has 0 bridgehead atoms. The summed E-state index contributed by atoms with van der Waals surface area (Å²) in [5.41, 5.74) is 0.754. The van der Waals surface area contributed by atoms with Gasteiger partial charge in [-0.15, -0.1) is 0 Å². The number of rotatable bonds is 6. The van der Waals surface area contributed by atoms with Gasteiger partial charge in [-0.05, 0) is 48.6 Å². The van der Waals surface area contributed by atoms with Gasteiger partial charge in [0.15, 0.2) is 5.11 Å². The Morgan fingerprint density at radius 2 is 2.04 bits per heavy atom. The molecule has 0 saturated carbocycles. The van der Waals surface area contributed by atoms with Crippen molar-refractivity contribution in [3.63, 3.8) is 0 Å². The van der Waals surface area contributed by atoms with Crippen molar-refractivity contribution < 1.29 is 18.7 Å². The quantitative estimate of drug-likeness (QED) is 0.493. The molecule has 0 aliphatic rings. The Balaban J connectivity index is 2.07. The zero-order chi connectivity index (χ0) is 19.1. The Hall–Kier alpha value is -1.74. The lowest BCUT2D eigenvalue weighted by molar-refractivity contribution is 0.0969. The third-order valence-electron chi connectivity index (χ3n) is 3.14. The summed E-state index contributed by atoms with van der Waals surface area (Å²) < 4.78 is 24.4. The third-order valence-corrected chi connectivity index (χ3v) is 4.12. The Morgan fingerprint density at radius 3 is 2.73 bits per heavy atom. The van der Waals surface area contributed by atoms with Gasteiger partial charge in [0, 0.05) is 17.3 Å². The average Bonchev–Trinajstić information content (AvgIpc) is 2.59. The molecule has 0 atom stereocenters. The number of amides is 1. The molecule has 2 aromatic rings. The average molecular weight is 462 g/mol. The zero-order valence-electron chi connectivity index (χ0n) is 13.6. The number of anilines is 1. The van der Waals surface area contributed by atoms with Crippen LogP contribution in [0.25, 0.3) is 0 Å². The Morgan fingerprint density at radius 1 is 1.27 bits per heavy atom. The zero-order valence-corrected chi connectivity index (χ0v) is 16.8. The van der Waals surface area contributed by atoms with E-state index in [1.165, 1.54) is 18.2 Å². The Bertz CT molecular complexity index is 823. The first-order chi connectivity index (χ1) is 12.4. The van der Waals surface area contributed by atoms with E-state index in [-0.39, 0.29) is 10.1 Å². The Labute approximate surface area is 168 Å². The largest absolute Gasteiger partial charge is 0.490 e. The first kappa shape index (κ1) is 20.6. The van der Waals surface area contributed by atoms with E-state index in [1.807, 2.05) is 0 Å². The molecule has 0 fully saturated rings. The molecule has 1 amide bonds. The molecule has 26 heavy (non-hydrogen) atoms. The van der Waals surface area contributed by atoms with E-state index < -0.39 is 11.7 Å². The van der Waals surface area contributed by atoms with Crippen LogP contribution < -0.4 is 15.4 Å². The summed E-state index contributed by atoms with van der Waals surface area (Å²) in [5, 5.41) is 5.31. The van der Waals surface area contributed by atoms with Gasteiger partial charge in [0.25, 0.3) is 5.91 Å². The molecule has 2 rings (SSSR count). The summed E-state index contributed by atoms with van der Waals surface area (Å²) in [6.07, 6.45) is 0. The second kappa shape index (κ2) is 9.82. The van der Waals surface area contributed by atoms with Crippen LogP contribution in [0, 0.1) is 5.82 Å². The molecule has 0 aromatic heterocycles. The van der Waals surface area contributed by atoms with Crippen LogP contribution in [0.5, 0.6) is 5.75 Å². The predicted octanol–water partition coefficient (Wildman–Crippen LogP) is 4.39. The second-order valence-electron chi connectivity index (χ2n) is 5.02. The highest BCUT2D eigenvalue weighted by atomic mass is 79.9. The number of thiocarbonyl (C=S) groups is 1. The van der Waals surface area contributed by atoms with Crippen molar-refractivity contribution in [1.82, 2.24) is 5.32 Å². The number of hydrogen-bond donors (Lipinski definition) is 2. The minimum absolute atomic E-state index is 0.0421. The third kappa shape index (κ3) is 5.91. The number of carbonyl (C=O) groups excluding carboxylic acids is 1. The minimum Gasteiger partial charge on any atom is -0.490 e. The number of benzene rings is 2. The highest BCUT2D eigenvalue weighted by molar-refractivity contribution is 9.10. The van der Waals surface area contributed by atoms with Gasteiger partial charge in [0.05, 0.1) is 17.2 Å². The van der Waals surface area contributed by atoms with E-state index in [2.05, 4.69) is 26.6 Å². The lowest BCUT2D eigenvalue weighted by Gasteiger charge is -2.13. The molecule has 2 aromatic carbocycles. The van der Waals surface area contributed by atoms with Gasteiger partial charge in [-0.3, -0.25) is 10.1 Å². The first-order valence-electron chi connectivity index (χ1n) is 7.39. The van der Waals surface area contributed by atoms with Gasteiger partial charge in [0.2, 0.25) is 0 Å². The monoisotopic (exact) mass is 460 g/mol. The van der Waals surface area contributed by atoms with Crippen LogP contribution in [0.3, 0.4) is 0 Å². The van der Waals surface area contributed by atoms with E-state index in [9.17, 15) is 9.18 Å². The smallest absolute Gasteiger partial charge is 0.261 e. The lowest BCUT2D eigenvalue weighted by Crippen LogP contribution is -2.34. The molecular weight excluding hydrogens is 447 g/mol. The molecule has 5 nitrogen and oxygen atoms in total. The second-order valence-corrected chi connectivity index (χ2v) is 6.75. The summed E-state index contributed by atoms with van der Waals surface area (Å²) in [6, 6.07) is 9.08. The normalized spacial score (nSPS) is 10.3. The fraction of sp³-hybridized carbons (Fsp3) is 0.176. The van der Waals surface area contributed by atoms with Crippen LogP contribution in [0.2, 0.25) is 5.02 Å². The van der Waals surface area contributed by atoms with E-state index in [0.29, 0.717) is 34.7 Å². The van der Waals surface area contributed by atoms with Crippen LogP contribution in [-0.2, 0) is 4.74 Å². The number of hydrogen-bond acceptors (Lipinski definition) is 4. The van der Waals surface area contributed by atoms with Crippen LogP contribution in [0.4, 0.5) is 10.1 Å². The van der Waals surface area contributed by atoms with E-state index in [1.54, 1.807) is 25.3 Å². The summed E-state index contributed by atoms with van der Waals surface area (Å²) >= 11 is 14.2. The number of halogens is 3. The van der Waals surface area contributed by atoms with Crippen molar-refractivity contribution in [3.8, 4) is 5.75 Å². The van der Waals surface area contributed by atoms with Gasteiger partial charge in [-0.2, -0.15) is 0 Å². The molecule has 0 saturated heterocycles. The summed E-state index contributed by atoms with van der Waals surface area (Å²) in [7, 11) is 1.56. The maximum atomic E-state index is 13.2. The molecule has 9 heteroatoms. The fourth-order valence-corrected chi connectivity index (χ4v) is 2.70. The standard InChI is InChI=1S/C17H15BrClFN2O3S/c1-24-6-7-25-15-5-2-10(18)8-12(15)16(23)22-17(26)21-11-3-4-14(20)13(19)9-11/h2-5,8-9H,6-7H2,1H3,(H2,21,22,23,26). The summed E-state index contributed by atoms with van der Waals surface area (Å²) in [4.78, 5) is 12.5. The van der Waals surface area contributed by atoms with Crippen LogP contribution in [-0.4, -0.2) is 31.3 Å². The predicted molar refractivity (Wildman–Crippen MR) is 107 cm³/mol. The van der Waals surface area contributed by atoms with Crippen molar-refractivity contribution >= 4 is 56.5 Å². The lowest BCUT2D eigenvalue weighted by atomic mass is 10.2. The first-order valence-corrected chi connectivity index (χ1v) is 8.97. The highest BCUT2D eigenvalue weighted by Crippen LogP contribution is 2.23. The highest BCUT2D eigenvalue weighted by Gasteiger charge is 2.15. The molecule has 0 aliphatic heterocycles. The van der Waals surface area contributed by atoms with Crippen LogP contribution in [0.15, 0.2) is 40.9 Å². The molecule has 0 radical (unpaired) electrons. The van der Waals surface area contributed by atoms with Crippen molar-refractivity contribution in [3.05, 3.63) is 57.3 Å². The van der Waals surface area contributed by atoms with Crippen LogP contribution in [0.1, 0.15) is 10.4 Å². The number of nitrogens with one attached hydrogen (secondary N) is 2. The fourth-order valence-electron chi connectivity index (χ4n) is 1.95. The van der Waals surface area contributed by atoms with Gasteiger partial charge >= 0.3 is 0 Å². The maximum absolute atomic E-state index is 13.2. The van der Waals surface area contributed by atoms with Gasteiger partial charge < -0.3 is 14.8 Å². The number of carbonyl (C=O) groups is 1. The summed E-state index contributed by atoms with van der Waals surface area (Å²) in [5.74, 6) is -0.598. The Kier molecular flexibility index (Phi) is 7.77.